The van der Waals surface area contributed by atoms with Crippen LogP contribution < -0.4 is 10.1 Å². The maximum atomic E-state index is 12.4. The van der Waals surface area contributed by atoms with E-state index in [1.54, 1.807) is 10.7 Å². The minimum absolute atomic E-state index is 0.121. The summed E-state index contributed by atoms with van der Waals surface area (Å²) in [6, 6.07) is 26.5. The molecule has 4 aromatic rings. The Kier molecular flexibility index (Phi) is 6.58. The van der Waals surface area contributed by atoms with Gasteiger partial charge in [-0.1, -0.05) is 65.6 Å². The smallest absolute Gasteiger partial charge is 0.234 e. The van der Waals surface area contributed by atoms with Gasteiger partial charge in [0.05, 0.1) is 11.4 Å². The number of ether oxygens (including phenoxy) is 1. The summed E-state index contributed by atoms with van der Waals surface area (Å²) in [6.45, 7) is 0. The van der Waals surface area contributed by atoms with Crippen molar-refractivity contribution in [1.82, 2.24) is 9.78 Å². The maximum absolute atomic E-state index is 12.4. The normalized spacial score (nSPS) is 10.5. The van der Waals surface area contributed by atoms with Crippen LogP contribution in [0.2, 0.25) is 0 Å². The van der Waals surface area contributed by atoms with E-state index < -0.39 is 0 Å². The number of amides is 1. The molecule has 0 radical (unpaired) electrons. The van der Waals surface area contributed by atoms with Gasteiger partial charge in [-0.15, -0.1) is 5.10 Å². The molecule has 0 saturated heterocycles. The van der Waals surface area contributed by atoms with Gasteiger partial charge in [-0.2, -0.15) is 0 Å². The molecule has 4 rings (SSSR count). The van der Waals surface area contributed by atoms with E-state index >= 15 is 0 Å². The molecule has 0 bridgehead atoms. The number of thioether (sulfide) groups is 1. The Labute approximate surface area is 187 Å². The average molecular weight is 452 g/mol. The molecule has 8 heteroatoms. The van der Waals surface area contributed by atoms with Crippen LogP contribution in [-0.2, 0) is 4.79 Å². The first-order valence-corrected chi connectivity index (χ1v) is 11.3. The summed E-state index contributed by atoms with van der Waals surface area (Å²) in [6.07, 6.45) is 0. The largest absolute Gasteiger partial charge is 0.457 e. The number of hydrogen-bond acceptors (Lipinski definition) is 6. The molecular formula is C22H17N3O2S3. The average Bonchev–Trinajstić information content (AvgIpc) is 3.14. The Morgan fingerprint density at radius 2 is 1.70 bits per heavy atom. The number of rotatable bonds is 7. The van der Waals surface area contributed by atoms with Crippen molar-refractivity contribution >= 4 is 46.9 Å². The molecule has 0 aliphatic carbocycles. The number of anilines is 1. The van der Waals surface area contributed by atoms with E-state index in [1.165, 1.54) is 23.1 Å². The fraction of sp³-hybridized carbons (Fsp3) is 0.0455. The molecule has 1 amide bonds. The molecule has 0 unspecified atom stereocenters. The highest BCUT2D eigenvalue weighted by Crippen LogP contribution is 2.26. The highest BCUT2D eigenvalue weighted by Gasteiger charge is 2.10. The van der Waals surface area contributed by atoms with Crippen molar-refractivity contribution in [2.45, 2.75) is 4.34 Å². The van der Waals surface area contributed by atoms with E-state index in [4.69, 9.17) is 17.0 Å². The van der Waals surface area contributed by atoms with Crippen LogP contribution in [0, 0.1) is 3.95 Å². The number of para-hydroxylation sites is 2. The summed E-state index contributed by atoms with van der Waals surface area (Å²) in [5.74, 6) is 1.52. The molecule has 0 saturated carbocycles. The second-order valence-corrected chi connectivity index (χ2v) is 9.01. The van der Waals surface area contributed by atoms with Crippen molar-refractivity contribution in [3.63, 3.8) is 0 Å². The zero-order chi connectivity index (χ0) is 20.8. The zero-order valence-corrected chi connectivity index (χ0v) is 18.2. The SMILES string of the molecule is O=C(CSc1nn(-c2ccccc2)c(=S)s1)Nc1cccc(Oc2ccccc2)c1. The second kappa shape index (κ2) is 9.71. The Morgan fingerprint density at radius 1 is 1.00 bits per heavy atom. The third-order valence-electron chi connectivity index (χ3n) is 3.95. The molecule has 0 atom stereocenters. The van der Waals surface area contributed by atoms with Crippen molar-refractivity contribution in [3.05, 3.63) is 88.9 Å². The predicted molar refractivity (Wildman–Crippen MR) is 125 cm³/mol. The summed E-state index contributed by atoms with van der Waals surface area (Å²) in [4.78, 5) is 12.4. The zero-order valence-electron chi connectivity index (χ0n) is 15.7. The van der Waals surface area contributed by atoms with Crippen molar-refractivity contribution in [1.29, 1.82) is 0 Å². The first-order valence-electron chi connectivity index (χ1n) is 9.08. The molecule has 0 aliphatic rings. The van der Waals surface area contributed by atoms with E-state index in [0.717, 1.165) is 15.8 Å². The van der Waals surface area contributed by atoms with E-state index in [0.29, 0.717) is 15.4 Å². The number of carbonyl (C=O) groups excluding carboxylic acids is 1. The van der Waals surface area contributed by atoms with Gasteiger partial charge in [0.2, 0.25) is 5.91 Å². The van der Waals surface area contributed by atoms with Gasteiger partial charge in [0.15, 0.2) is 8.29 Å². The number of hydrogen-bond donors (Lipinski definition) is 1. The quantitative estimate of drug-likeness (QED) is 0.268. The lowest BCUT2D eigenvalue weighted by Gasteiger charge is -2.08. The van der Waals surface area contributed by atoms with E-state index in [-0.39, 0.29) is 11.7 Å². The summed E-state index contributed by atoms with van der Waals surface area (Å²) in [5.41, 5.74) is 1.58. The molecule has 0 aliphatic heterocycles. The van der Waals surface area contributed by atoms with Gasteiger partial charge in [0, 0.05) is 11.8 Å². The van der Waals surface area contributed by atoms with Gasteiger partial charge in [-0.05, 0) is 48.6 Å². The van der Waals surface area contributed by atoms with Crippen LogP contribution in [0.3, 0.4) is 0 Å². The molecule has 3 aromatic carbocycles. The Morgan fingerprint density at radius 3 is 2.47 bits per heavy atom. The van der Waals surface area contributed by atoms with Crippen molar-refractivity contribution in [3.8, 4) is 17.2 Å². The molecule has 1 N–H and O–H groups in total. The molecule has 1 heterocycles. The first kappa shape index (κ1) is 20.3. The number of nitrogens with zero attached hydrogens (tertiary/aromatic N) is 2. The van der Waals surface area contributed by atoms with Gasteiger partial charge in [0.25, 0.3) is 0 Å². The summed E-state index contributed by atoms with van der Waals surface area (Å²) >= 11 is 8.15. The van der Waals surface area contributed by atoms with Gasteiger partial charge in [-0.3, -0.25) is 4.79 Å². The van der Waals surface area contributed by atoms with Gasteiger partial charge < -0.3 is 10.1 Å². The third-order valence-corrected chi connectivity index (χ3v) is 6.32. The lowest BCUT2D eigenvalue weighted by atomic mass is 10.3. The third kappa shape index (κ3) is 5.35. The van der Waals surface area contributed by atoms with Crippen LogP contribution in [0.4, 0.5) is 5.69 Å². The molecule has 30 heavy (non-hydrogen) atoms. The molecule has 5 nitrogen and oxygen atoms in total. The molecule has 0 spiro atoms. The summed E-state index contributed by atoms with van der Waals surface area (Å²) in [5, 5.41) is 7.41. The maximum Gasteiger partial charge on any atom is 0.234 e. The first-order chi connectivity index (χ1) is 14.7. The summed E-state index contributed by atoms with van der Waals surface area (Å²) in [7, 11) is 0. The lowest BCUT2D eigenvalue weighted by molar-refractivity contribution is -0.113. The van der Waals surface area contributed by atoms with Crippen LogP contribution in [0.5, 0.6) is 11.5 Å². The highest BCUT2D eigenvalue weighted by molar-refractivity contribution is 8.01. The predicted octanol–water partition coefficient (Wildman–Crippen LogP) is 6.19. The van der Waals surface area contributed by atoms with Crippen LogP contribution >= 0.6 is 35.3 Å². The Hall–Kier alpha value is -2.94. The van der Waals surface area contributed by atoms with Gasteiger partial charge in [-0.25, -0.2) is 4.68 Å². The van der Waals surface area contributed by atoms with Crippen LogP contribution in [-0.4, -0.2) is 21.4 Å². The molecule has 150 valence electrons. The number of nitrogens with one attached hydrogen (secondary N) is 1. The van der Waals surface area contributed by atoms with Crippen LogP contribution in [0.1, 0.15) is 0 Å². The van der Waals surface area contributed by atoms with E-state index in [2.05, 4.69) is 10.4 Å². The van der Waals surface area contributed by atoms with Crippen LogP contribution in [0.15, 0.2) is 89.3 Å². The van der Waals surface area contributed by atoms with Crippen LogP contribution in [0.25, 0.3) is 5.69 Å². The van der Waals surface area contributed by atoms with Crippen molar-refractivity contribution in [2.24, 2.45) is 0 Å². The fourth-order valence-corrected chi connectivity index (χ4v) is 4.80. The van der Waals surface area contributed by atoms with E-state index in [9.17, 15) is 4.79 Å². The minimum Gasteiger partial charge on any atom is -0.457 e. The highest BCUT2D eigenvalue weighted by atomic mass is 32.2. The van der Waals surface area contributed by atoms with Crippen molar-refractivity contribution in [2.75, 3.05) is 11.1 Å². The van der Waals surface area contributed by atoms with E-state index in [1.807, 2.05) is 78.9 Å². The summed E-state index contributed by atoms with van der Waals surface area (Å²) < 4.78 is 8.92. The Balaban J connectivity index is 1.35. The van der Waals surface area contributed by atoms with Gasteiger partial charge >= 0.3 is 0 Å². The topological polar surface area (TPSA) is 56.2 Å². The molecular weight excluding hydrogens is 434 g/mol. The Bertz CT molecular complexity index is 1190. The molecule has 0 fully saturated rings. The fourth-order valence-electron chi connectivity index (χ4n) is 2.64. The molecule has 1 aromatic heterocycles. The van der Waals surface area contributed by atoms with Crippen molar-refractivity contribution < 1.29 is 9.53 Å². The lowest BCUT2D eigenvalue weighted by Crippen LogP contribution is -2.13. The minimum atomic E-state index is -0.121. The second-order valence-electron chi connectivity index (χ2n) is 6.16. The number of benzene rings is 3. The monoisotopic (exact) mass is 451 g/mol. The number of aromatic nitrogens is 2. The number of carbonyl (C=O) groups is 1. The van der Waals surface area contributed by atoms with Gasteiger partial charge in [0.1, 0.15) is 11.5 Å². The standard InChI is InChI=1S/C22H17N3O2S3/c26-20(15-29-21-24-25(22(28)30-21)17-9-3-1-4-10-17)23-16-8-7-13-19(14-16)27-18-11-5-2-6-12-18/h1-14H,15H2,(H,23,26).